The minimum atomic E-state index is 0. The van der Waals surface area contributed by atoms with E-state index in [1.54, 1.807) is 11.3 Å². The third kappa shape index (κ3) is 4.16. The Bertz CT molecular complexity index is 919. The average Bonchev–Trinajstić information content (AvgIpc) is 3.12. The molecule has 1 N–H and O–H groups in total. The van der Waals surface area contributed by atoms with Crippen molar-refractivity contribution in [2.75, 3.05) is 5.32 Å². The van der Waals surface area contributed by atoms with Gasteiger partial charge >= 0.3 is 0 Å². The molecular formula is C21H16BrN2S-. The third-order valence-electron chi connectivity index (χ3n) is 3.82. The van der Waals surface area contributed by atoms with Crippen LogP contribution in [0.4, 0.5) is 10.8 Å². The molecular weight excluding hydrogens is 392 g/mol. The van der Waals surface area contributed by atoms with Crippen molar-refractivity contribution in [1.29, 1.82) is 0 Å². The molecule has 0 spiro atoms. The quantitative estimate of drug-likeness (QED) is 0.561. The molecule has 0 saturated carbocycles. The fourth-order valence-corrected chi connectivity index (χ4v) is 3.31. The van der Waals surface area contributed by atoms with Crippen molar-refractivity contribution < 1.29 is 17.0 Å². The molecule has 0 unspecified atom stereocenters. The van der Waals surface area contributed by atoms with E-state index in [4.69, 9.17) is 0 Å². The average molecular weight is 408 g/mol. The van der Waals surface area contributed by atoms with E-state index in [1.807, 2.05) is 36.4 Å². The molecule has 2 nitrogen and oxygen atoms in total. The highest BCUT2D eigenvalue weighted by molar-refractivity contribution is 7.14. The standard InChI is InChI=1S/C21H16N2S.BrH/c1-3-7-16(8-4-1)17-11-13-18(14-12-17)20-15-24-21(23-20)22-19-9-5-2-6-10-19;/h1-15H,(H,22,23);1H/p-1. The summed E-state index contributed by atoms with van der Waals surface area (Å²) in [7, 11) is 0. The summed E-state index contributed by atoms with van der Waals surface area (Å²) >= 11 is 1.62. The Hall–Kier alpha value is -2.43. The molecule has 3 aromatic carbocycles. The second-order valence-corrected chi connectivity index (χ2v) is 6.33. The number of hydrogen-bond acceptors (Lipinski definition) is 3. The van der Waals surface area contributed by atoms with Crippen molar-refractivity contribution in [3.8, 4) is 22.4 Å². The van der Waals surface area contributed by atoms with Crippen LogP contribution < -0.4 is 22.3 Å². The van der Waals surface area contributed by atoms with Crippen molar-refractivity contribution in [1.82, 2.24) is 4.98 Å². The van der Waals surface area contributed by atoms with Crippen LogP contribution in [0.15, 0.2) is 90.3 Å². The zero-order valence-corrected chi connectivity index (χ0v) is 15.8. The Morgan fingerprint density at radius 3 is 1.88 bits per heavy atom. The monoisotopic (exact) mass is 407 g/mol. The highest BCUT2D eigenvalue weighted by Gasteiger charge is 2.05. The normalized spacial score (nSPS) is 10.1. The Morgan fingerprint density at radius 1 is 0.640 bits per heavy atom. The van der Waals surface area contributed by atoms with Crippen molar-refractivity contribution >= 4 is 22.2 Å². The summed E-state index contributed by atoms with van der Waals surface area (Å²) in [6.07, 6.45) is 0. The van der Waals surface area contributed by atoms with Gasteiger partial charge in [0.1, 0.15) is 0 Å². The number of aromatic nitrogens is 1. The van der Waals surface area contributed by atoms with Crippen LogP contribution in [0, 0.1) is 0 Å². The van der Waals surface area contributed by atoms with Gasteiger partial charge in [-0.2, -0.15) is 0 Å². The summed E-state index contributed by atoms with van der Waals surface area (Å²) in [5.41, 5.74) is 5.63. The third-order valence-corrected chi connectivity index (χ3v) is 4.57. The molecule has 0 bridgehead atoms. The van der Waals surface area contributed by atoms with E-state index >= 15 is 0 Å². The van der Waals surface area contributed by atoms with Gasteiger partial charge in [-0.05, 0) is 23.3 Å². The molecule has 0 aliphatic carbocycles. The maximum atomic E-state index is 4.69. The largest absolute Gasteiger partial charge is 1.00 e. The Balaban J connectivity index is 0.00000182. The predicted octanol–water partition coefficient (Wildman–Crippen LogP) is 3.22. The molecule has 0 radical (unpaired) electrons. The first-order valence-corrected chi connectivity index (χ1v) is 8.70. The number of nitrogens with zero attached hydrogens (tertiary/aromatic N) is 1. The van der Waals surface area contributed by atoms with Crippen molar-refractivity contribution in [2.24, 2.45) is 0 Å². The summed E-state index contributed by atoms with van der Waals surface area (Å²) in [6.45, 7) is 0. The van der Waals surface area contributed by atoms with E-state index in [0.29, 0.717) is 0 Å². The molecule has 1 heterocycles. The van der Waals surface area contributed by atoms with Gasteiger partial charge in [0.05, 0.1) is 5.69 Å². The Kier molecular flexibility index (Phi) is 5.64. The molecule has 0 aliphatic heterocycles. The highest BCUT2D eigenvalue weighted by Crippen LogP contribution is 2.29. The summed E-state index contributed by atoms with van der Waals surface area (Å²) in [4.78, 5) is 4.69. The first-order valence-electron chi connectivity index (χ1n) is 7.82. The zero-order valence-electron chi connectivity index (χ0n) is 13.4. The molecule has 25 heavy (non-hydrogen) atoms. The van der Waals surface area contributed by atoms with E-state index in [-0.39, 0.29) is 17.0 Å². The second kappa shape index (κ2) is 8.10. The number of anilines is 2. The van der Waals surface area contributed by atoms with E-state index in [0.717, 1.165) is 22.1 Å². The smallest absolute Gasteiger partial charge is 0.187 e. The molecule has 0 saturated heterocycles. The number of halogens is 1. The lowest BCUT2D eigenvalue weighted by Crippen LogP contribution is -3.00. The van der Waals surface area contributed by atoms with Gasteiger partial charge in [0.15, 0.2) is 5.13 Å². The van der Waals surface area contributed by atoms with Gasteiger partial charge in [-0.15, -0.1) is 11.3 Å². The number of hydrogen-bond donors (Lipinski definition) is 1. The summed E-state index contributed by atoms with van der Waals surface area (Å²) in [5.74, 6) is 0. The lowest BCUT2D eigenvalue weighted by atomic mass is 10.0. The van der Waals surface area contributed by atoms with Gasteiger partial charge in [-0.1, -0.05) is 72.8 Å². The van der Waals surface area contributed by atoms with Gasteiger partial charge in [0, 0.05) is 16.6 Å². The molecule has 4 aromatic rings. The predicted molar refractivity (Wildman–Crippen MR) is 103 cm³/mol. The van der Waals surface area contributed by atoms with Crippen LogP contribution in [-0.4, -0.2) is 4.98 Å². The van der Waals surface area contributed by atoms with E-state index in [1.165, 1.54) is 11.1 Å². The molecule has 0 aliphatic rings. The van der Waals surface area contributed by atoms with Crippen LogP contribution in [0.5, 0.6) is 0 Å². The van der Waals surface area contributed by atoms with Gasteiger partial charge in [-0.3, -0.25) is 0 Å². The maximum Gasteiger partial charge on any atom is 0.187 e. The van der Waals surface area contributed by atoms with Crippen LogP contribution in [0.2, 0.25) is 0 Å². The first kappa shape index (κ1) is 17.4. The minimum Gasteiger partial charge on any atom is -1.00 e. The maximum absolute atomic E-state index is 4.69. The SMILES string of the molecule is [Br-].c1ccc(Nc2nc(-c3ccc(-c4ccccc4)cc3)cs2)cc1. The first-order chi connectivity index (χ1) is 11.9. The Labute approximate surface area is 162 Å². The van der Waals surface area contributed by atoms with Crippen LogP contribution in [0.1, 0.15) is 0 Å². The summed E-state index contributed by atoms with van der Waals surface area (Å²) in [5, 5.41) is 6.33. The van der Waals surface area contributed by atoms with E-state index < -0.39 is 0 Å². The van der Waals surface area contributed by atoms with E-state index in [2.05, 4.69) is 64.2 Å². The number of thiazole rings is 1. The lowest BCUT2D eigenvalue weighted by molar-refractivity contribution is -0.00000461. The van der Waals surface area contributed by atoms with Gasteiger partial charge < -0.3 is 22.3 Å². The molecule has 0 fully saturated rings. The van der Waals surface area contributed by atoms with Crippen molar-refractivity contribution in [3.05, 3.63) is 90.3 Å². The molecule has 0 amide bonds. The zero-order chi connectivity index (χ0) is 16.2. The fourth-order valence-electron chi connectivity index (χ4n) is 2.57. The highest BCUT2D eigenvalue weighted by atomic mass is 79.9. The number of benzene rings is 3. The molecule has 4 rings (SSSR count). The van der Waals surface area contributed by atoms with Gasteiger partial charge in [0.25, 0.3) is 0 Å². The topological polar surface area (TPSA) is 24.9 Å². The molecule has 124 valence electrons. The number of rotatable bonds is 4. The van der Waals surface area contributed by atoms with Crippen molar-refractivity contribution in [3.63, 3.8) is 0 Å². The number of nitrogens with one attached hydrogen (secondary N) is 1. The lowest BCUT2D eigenvalue weighted by Gasteiger charge is -2.03. The van der Waals surface area contributed by atoms with Gasteiger partial charge in [0.2, 0.25) is 0 Å². The van der Waals surface area contributed by atoms with E-state index in [9.17, 15) is 0 Å². The number of para-hydroxylation sites is 1. The Morgan fingerprint density at radius 2 is 1.20 bits per heavy atom. The molecule has 4 heteroatoms. The second-order valence-electron chi connectivity index (χ2n) is 5.47. The molecule has 1 aromatic heterocycles. The summed E-state index contributed by atoms with van der Waals surface area (Å²) in [6, 6.07) is 29.1. The van der Waals surface area contributed by atoms with Crippen molar-refractivity contribution in [2.45, 2.75) is 0 Å². The van der Waals surface area contributed by atoms with Crippen LogP contribution in [-0.2, 0) is 0 Å². The van der Waals surface area contributed by atoms with Crippen LogP contribution in [0.25, 0.3) is 22.4 Å². The van der Waals surface area contributed by atoms with Crippen LogP contribution >= 0.6 is 11.3 Å². The minimum absolute atomic E-state index is 0. The van der Waals surface area contributed by atoms with Crippen LogP contribution in [0.3, 0.4) is 0 Å². The fraction of sp³-hybridized carbons (Fsp3) is 0. The molecule has 0 atom stereocenters. The summed E-state index contributed by atoms with van der Waals surface area (Å²) < 4.78 is 0. The van der Waals surface area contributed by atoms with Gasteiger partial charge in [-0.25, -0.2) is 4.98 Å².